The van der Waals surface area contributed by atoms with Crippen LogP contribution in [0.25, 0.3) is 22.2 Å². The predicted molar refractivity (Wildman–Crippen MR) is 86.9 cm³/mol. The van der Waals surface area contributed by atoms with E-state index in [1.807, 2.05) is 30.3 Å². The van der Waals surface area contributed by atoms with E-state index in [1.54, 1.807) is 18.2 Å². The summed E-state index contributed by atoms with van der Waals surface area (Å²) in [6.45, 7) is 0. The topological polar surface area (TPSA) is 53.0 Å². The summed E-state index contributed by atoms with van der Waals surface area (Å²) in [6.07, 6.45) is 0. The van der Waals surface area contributed by atoms with Crippen LogP contribution in [0.15, 0.2) is 57.5 Å². The molecule has 22 heavy (non-hydrogen) atoms. The second kappa shape index (κ2) is 7.66. The maximum absolute atomic E-state index is 11.4. The minimum absolute atomic E-state index is 0. The molecule has 0 spiro atoms. The summed E-state index contributed by atoms with van der Waals surface area (Å²) in [5.74, 6) is -1.21. The van der Waals surface area contributed by atoms with Crippen molar-refractivity contribution in [2.45, 2.75) is 0 Å². The van der Waals surface area contributed by atoms with Gasteiger partial charge in [-0.2, -0.15) is 0 Å². The Morgan fingerprint density at radius 1 is 1.05 bits per heavy atom. The monoisotopic (exact) mass is 443 g/mol. The third kappa shape index (κ3) is 3.70. The second-order valence-corrected chi connectivity index (χ2v) is 6.25. The van der Waals surface area contributed by atoms with Crippen LogP contribution in [0.4, 0.5) is 0 Å². The van der Waals surface area contributed by atoms with Crippen molar-refractivity contribution in [2.75, 3.05) is 0 Å². The number of nitrogens with zero attached hydrogens (tertiary/aromatic N) is 1. The summed E-state index contributed by atoms with van der Waals surface area (Å²) in [4.78, 5) is 16.0. The maximum Gasteiger partial charge on any atom is 1.00 e. The van der Waals surface area contributed by atoms with E-state index in [0.717, 1.165) is 14.5 Å². The molecular weight excluding hydrogens is 437 g/mol. The molecule has 0 bridgehead atoms. The molecular formula is C16H8Br2KNO2. The first-order chi connectivity index (χ1) is 10.1. The minimum Gasteiger partial charge on any atom is -0.545 e. The SMILES string of the molecule is O=C([O-])c1cc(-c2ccccc2Br)nc2ccc(Br)cc12.[K+]. The van der Waals surface area contributed by atoms with E-state index in [0.29, 0.717) is 16.6 Å². The van der Waals surface area contributed by atoms with Crippen LogP contribution in [0.1, 0.15) is 10.4 Å². The molecule has 0 saturated carbocycles. The van der Waals surface area contributed by atoms with Gasteiger partial charge in [-0.1, -0.05) is 50.1 Å². The smallest absolute Gasteiger partial charge is 0.545 e. The molecule has 104 valence electrons. The molecule has 0 fully saturated rings. The number of benzene rings is 2. The number of hydrogen-bond acceptors (Lipinski definition) is 3. The Morgan fingerprint density at radius 2 is 1.77 bits per heavy atom. The Kier molecular flexibility index (Phi) is 6.35. The maximum atomic E-state index is 11.4. The van der Waals surface area contributed by atoms with Crippen molar-refractivity contribution < 1.29 is 61.3 Å². The van der Waals surface area contributed by atoms with Crippen LogP contribution < -0.4 is 56.5 Å². The van der Waals surface area contributed by atoms with E-state index < -0.39 is 5.97 Å². The van der Waals surface area contributed by atoms with Gasteiger partial charge in [0.05, 0.1) is 17.2 Å². The quantitative estimate of drug-likeness (QED) is 0.549. The molecule has 0 aliphatic carbocycles. The number of fused-ring (bicyclic) bond motifs is 1. The Hall–Kier alpha value is -0.0836. The van der Waals surface area contributed by atoms with Crippen LogP contribution in [0, 0.1) is 0 Å². The Labute approximate surface area is 186 Å². The van der Waals surface area contributed by atoms with Crippen LogP contribution in [0.2, 0.25) is 0 Å². The predicted octanol–water partition coefficient (Wildman–Crippen LogP) is 0.794. The van der Waals surface area contributed by atoms with Crippen LogP contribution in [0.5, 0.6) is 0 Å². The van der Waals surface area contributed by atoms with Crippen molar-refractivity contribution in [1.82, 2.24) is 4.98 Å². The summed E-state index contributed by atoms with van der Waals surface area (Å²) in [5, 5.41) is 12.0. The number of carbonyl (C=O) groups excluding carboxylic acids is 1. The molecule has 0 aliphatic heterocycles. The van der Waals surface area contributed by atoms with Gasteiger partial charge in [-0.25, -0.2) is 4.98 Å². The molecule has 0 saturated heterocycles. The van der Waals surface area contributed by atoms with Gasteiger partial charge in [-0.3, -0.25) is 0 Å². The number of aromatic nitrogens is 1. The molecule has 0 aliphatic rings. The van der Waals surface area contributed by atoms with Crippen molar-refractivity contribution in [3.8, 4) is 11.3 Å². The van der Waals surface area contributed by atoms with Crippen LogP contribution >= 0.6 is 31.9 Å². The van der Waals surface area contributed by atoms with Gasteiger partial charge in [0.15, 0.2) is 0 Å². The molecule has 1 aromatic heterocycles. The number of aromatic carboxylic acids is 1. The number of pyridine rings is 1. The fraction of sp³-hybridized carbons (Fsp3) is 0. The van der Waals surface area contributed by atoms with Crippen molar-refractivity contribution in [3.05, 3.63) is 63.0 Å². The summed E-state index contributed by atoms with van der Waals surface area (Å²) < 4.78 is 1.66. The summed E-state index contributed by atoms with van der Waals surface area (Å²) in [5.41, 5.74) is 2.18. The van der Waals surface area contributed by atoms with E-state index >= 15 is 0 Å². The van der Waals surface area contributed by atoms with Gasteiger partial charge in [0.25, 0.3) is 0 Å². The number of hydrogen-bond donors (Lipinski definition) is 0. The average Bonchev–Trinajstić information content (AvgIpc) is 2.46. The van der Waals surface area contributed by atoms with Gasteiger partial charge in [-0.05, 0) is 30.3 Å². The largest absolute Gasteiger partial charge is 1.00 e. The minimum atomic E-state index is -1.21. The first kappa shape index (κ1) is 18.3. The second-order valence-electron chi connectivity index (χ2n) is 4.48. The van der Waals surface area contributed by atoms with E-state index in [2.05, 4.69) is 36.8 Å². The molecule has 0 amide bonds. The van der Waals surface area contributed by atoms with E-state index in [4.69, 9.17) is 0 Å². The fourth-order valence-corrected chi connectivity index (χ4v) is 3.02. The van der Waals surface area contributed by atoms with Crippen LogP contribution in [0.3, 0.4) is 0 Å². The Morgan fingerprint density at radius 3 is 2.45 bits per heavy atom. The third-order valence-corrected chi connectivity index (χ3v) is 4.33. The van der Waals surface area contributed by atoms with Crippen molar-refractivity contribution in [2.24, 2.45) is 0 Å². The van der Waals surface area contributed by atoms with Gasteiger partial charge in [0.2, 0.25) is 0 Å². The van der Waals surface area contributed by atoms with Crippen LogP contribution in [-0.4, -0.2) is 11.0 Å². The zero-order valence-corrected chi connectivity index (χ0v) is 17.9. The first-order valence-corrected chi connectivity index (χ1v) is 7.71. The Bertz CT molecular complexity index is 868. The summed E-state index contributed by atoms with van der Waals surface area (Å²) >= 11 is 6.80. The molecule has 3 rings (SSSR count). The van der Waals surface area contributed by atoms with Gasteiger partial charge in [0, 0.05) is 25.5 Å². The number of carboxylic acid groups (broad SMARTS) is 1. The molecule has 0 N–H and O–H groups in total. The molecule has 0 radical (unpaired) electrons. The molecule has 0 atom stereocenters. The van der Waals surface area contributed by atoms with Gasteiger partial charge in [-0.15, -0.1) is 0 Å². The van der Waals surface area contributed by atoms with Crippen LogP contribution in [-0.2, 0) is 0 Å². The van der Waals surface area contributed by atoms with Gasteiger partial charge in [0.1, 0.15) is 0 Å². The molecule has 2 aromatic carbocycles. The zero-order valence-electron chi connectivity index (χ0n) is 11.6. The molecule has 3 aromatic rings. The summed E-state index contributed by atoms with van der Waals surface area (Å²) in [7, 11) is 0. The van der Waals surface area contributed by atoms with E-state index in [-0.39, 0.29) is 56.9 Å². The standard InChI is InChI=1S/C16H9Br2NO2.K/c17-9-5-6-14-11(7-9)12(16(20)21)8-15(19-14)10-3-1-2-4-13(10)18;/h1-8H,(H,20,21);/q;+1/p-1. The number of halogens is 2. The Balaban J connectivity index is 0.00000176. The average molecular weight is 445 g/mol. The first-order valence-electron chi connectivity index (χ1n) is 6.13. The van der Waals surface area contributed by atoms with Crippen molar-refractivity contribution in [1.29, 1.82) is 0 Å². The number of carbonyl (C=O) groups is 1. The van der Waals surface area contributed by atoms with Gasteiger partial charge >= 0.3 is 51.4 Å². The molecule has 6 heteroatoms. The fourth-order valence-electron chi connectivity index (χ4n) is 2.17. The molecule has 1 heterocycles. The molecule has 3 nitrogen and oxygen atoms in total. The van der Waals surface area contributed by atoms with E-state index in [9.17, 15) is 9.90 Å². The molecule has 0 unspecified atom stereocenters. The van der Waals surface area contributed by atoms with Crippen molar-refractivity contribution >= 4 is 48.7 Å². The number of rotatable bonds is 2. The van der Waals surface area contributed by atoms with Crippen molar-refractivity contribution in [3.63, 3.8) is 0 Å². The summed E-state index contributed by atoms with van der Waals surface area (Å²) in [6, 6.07) is 14.4. The number of carboxylic acids is 1. The van der Waals surface area contributed by atoms with E-state index in [1.165, 1.54) is 0 Å². The normalized spacial score (nSPS) is 10.3. The third-order valence-electron chi connectivity index (χ3n) is 3.14. The van der Waals surface area contributed by atoms with Gasteiger partial charge < -0.3 is 9.90 Å². The zero-order chi connectivity index (χ0) is 15.0.